The van der Waals surface area contributed by atoms with Crippen LogP contribution in [-0.2, 0) is 17.8 Å². The number of carbonyl (C=O) groups excluding carboxylic acids is 1. The quantitative estimate of drug-likeness (QED) is 0.408. The summed E-state index contributed by atoms with van der Waals surface area (Å²) < 4.78 is 13.1. The Bertz CT molecular complexity index is 1380. The lowest BCUT2D eigenvalue weighted by Crippen LogP contribution is -2.36. The molecule has 5 rings (SSSR count). The number of hydrogen-bond donors (Lipinski definition) is 1. The van der Waals surface area contributed by atoms with Crippen LogP contribution in [0.2, 0.25) is 0 Å². The molecule has 36 heavy (non-hydrogen) atoms. The smallest absolute Gasteiger partial charge is 0.252 e. The maximum absolute atomic E-state index is 13.6. The van der Waals surface area contributed by atoms with Crippen LogP contribution in [0.15, 0.2) is 47.0 Å². The van der Waals surface area contributed by atoms with Gasteiger partial charge in [-0.2, -0.15) is 5.10 Å². The minimum absolute atomic E-state index is 0.111. The Kier molecular flexibility index (Phi) is 6.89. The van der Waals surface area contributed by atoms with Crippen LogP contribution in [0.4, 0.5) is 0 Å². The van der Waals surface area contributed by atoms with Crippen molar-refractivity contribution in [2.45, 2.75) is 46.8 Å². The standard InChI is InChI=1S/C28H33N5O3/c1-18(2)33-27-25(16-30-33)24(14-26(31-27)23-13-19(3)36-20(23)4)28(34)29-15-21-7-5-6-8-22(21)17-32-9-11-35-12-10-32/h5-8,13-14,16,18H,9-12,15,17H2,1-4H3,(H,29,34). The molecule has 0 atom stereocenters. The fraction of sp³-hybridized carbons (Fsp3) is 0.393. The van der Waals surface area contributed by atoms with Crippen molar-refractivity contribution < 1.29 is 13.9 Å². The van der Waals surface area contributed by atoms with E-state index in [1.807, 2.05) is 36.7 Å². The number of nitrogens with one attached hydrogen (secondary N) is 1. The number of aryl methyl sites for hydroxylation is 2. The molecular weight excluding hydrogens is 454 g/mol. The lowest BCUT2D eigenvalue weighted by Gasteiger charge is -2.27. The topological polar surface area (TPSA) is 85.4 Å². The van der Waals surface area contributed by atoms with Crippen molar-refractivity contribution in [1.82, 2.24) is 25.0 Å². The van der Waals surface area contributed by atoms with E-state index >= 15 is 0 Å². The first-order chi connectivity index (χ1) is 17.4. The zero-order chi connectivity index (χ0) is 25.2. The van der Waals surface area contributed by atoms with Gasteiger partial charge in [0, 0.05) is 37.8 Å². The number of fused-ring (bicyclic) bond motifs is 1. The fourth-order valence-corrected chi connectivity index (χ4v) is 4.76. The molecule has 0 saturated carbocycles. The summed E-state index contributed by atoms with van der Waals surface area (Å²) in [5.41, 5.74) is 5.18. The van der Waals surface area contributed by atoms with Crippen LogP contribution < -0.4 is 5.32 Å². The third-order valence-corrected chi connectivity index (χ3v) is 6.67. The Morgan fingerprint density at radius 3 is 2.56 bits per heavy atom. The van der Waals surface area contributed by atoms with E-state index in [-0.39, 0.29) is 11.9 Å². The summed E-state index contributed by atoms with van der Waals surface area (Å²) in [5, 5.41) is 8.42. The molecule has 1 aliphatic heterocycles. The summed E-state index contributed by atoms with van der Waals surface area (Å²) in [7, 11) is 0. The van der Waals surface area contributed by atoms with Gasteiger partial charge in [0.15, 0.2) is 5.65 Å². The molecule has 4 aromatic rings. The van der Waals surface area contributed by atoms with Crippen LogP contribution in [0, 0.1) is 13.8 Å². The van der Waals surface area contributed by atoms with E-state index in [4.69, 9.17) is 14.1 Å². The van der Waals surface area contributed by atoms with Gasteiger partial charge in [-0.25, -0.2) is 9.67 Å². The highest BCUT2D eigenvalue weighted by Gasteiger charge is 2.21. The van der Waals surface area contributed by atoms with Crippen LogP contribution in [0.25, 0.3) is 22.3 Å². The Morgan fingerprint density at radius 1 is 1.11 bits per heavy atom. The molecule has 3 aromatic heterocycles. The Balaban J connectivity index is 1.44. The molecule has 8 heteroatoms. The summed E-state index contributed by atoms with van der Waals surface area (Å²) in [6, 6.07) is 12.2. The molecule has 0 radical (unpaired) electrons. The predicted molar refractivity (Wildman–Crippen MR) is 139 cm³/mol. The predicted octanol–water partition coefficient (Wildman–Crippen LogP) is 4.65. The van der Waals surface area contributed by atoms with Crippen molar-refractivity contribution in [3.8, 4) is 11.3 Å². The average molecular weight is 488 g/mol. The lowest BCUT2D eigenvalue weighted by molar-refractivity contribution is 0.0340. The number of nitrogens with zero attached hydrogens (tertiary/aromatic N) is 4. The first-order valence-electron chi connectivity index (χ1n) is 12.5. The molecule has 188 valence electrons. The number of benzene rings is 1. The first kappa shape index (κ1) is 24.2. The monoisotopic (exact) mass is 487 g/mol. The summed E-state index contributed by atoms with van der Waals surface area (Å²) in [6.07, 6.45) is 1.74. The highest BCUT2D eigenvalue weighted by molar-refractivity contribution is 6.06. The SMILES string of the molecule is Cc1cc(-c2cc(C(=O)NCc3ccccc3CN3CCOCC3)c3cnn(C(C)C)c3n2)c(C)o1. The zero-order valence-electron chi connectivity index (χ0n) is 21.4. The number of furan rings is 1. The molecule has 1 fully saturated rings. The van der Waals surface area contributed by atoms with Gasteiger partial charge in [-0.15, -0.1) is 0 Å². The van der Waals surface area contributed by atoms with Gasteiger partial charge >= 0.3 is 0 Å². The number of carbonyl (C=O) groups is 1. The lowest BCUT2D eigenvalue weighted by atomic mass is 10.0. The molecule has 8 nitrogen and oxygen atoms in total. The number of ether oxygens (including phenoxy) is 1. The number of rotatable bonds is 7. The second-order valence-electron chi connectivity index (χ2n) is 9.64. The van der Waals surface area contributed by atoms with Gasteiger partial charge < -0.3 is 14.5 Å². The maximum Gasteiger partial charge on any atom is 0.252 e. The maximum atomic E-state index is 13.6. The van der Waals surface area contributed by atoms with Gasteiger partial charge in [0.2, 0.25) is 0 Å². The van der Waals surface area contributed by atoms with E-state index in [9.17, 15) is 4.79 Å². The van der Waals surface area contributed by atoms with Crippen molar-refractivity contribution in [1.29, 1.82) is 0 Å². The number of pyridine rings is 1. The van der Waals surface area contributed by atoms with E-state index < -0.39 is 0 Å². The van der Waals surface area contributed by atoms with Crippen molar-refractivity contribution in [3.05, 3.63) is 70.8 Å². The van der Waals surface area contributed by atoms with Gasteiger partial charge in [0.25, 0.3) is 5.91 Å². The van der Waals surface area contributed by atoms with E-state index in [1.54, 1.807) is 6.20 Å². The molecule has 1 saturated heterocycles. The number of aromatic nitrogens is 3. The van der Waals surface area contributed by atoms with Crippen molar-refractivity contribution >= 4 is 16.9 Å². The third kappa shape index (κ3) is 4.92. The Morgan fingerprint density at radius 2 is 1.86 bits per heavy atom. The third-order valence-electron chi connectivity index (χ3n) is 6.67. The van der Waals surface area contributed by atoms with Gasteiger partial charge in [0.05, 0.1) is 36.1 Å². The molecule has 0 unspecified atom stereocenters. The van der Waals surface area contributed by atoms with Crippen molar-refractivity contribution in [2.75, 3.05) is 26.3 Å². The molecule has 1 aliphatic rings. The Hall–Kier alpha value is -3.49. The minimum Gasteiger partial charge on any atom is -0.466 e. The first-order valence-corrected chi connectivity index (χ1v) is 12.5. The van der Waals surface area contributed by atoms with Crippen LogP contribution in [0.5, 0.6) is 0 Å². The second kappa shape index (κ2) is 10.2. The number of morpholine rings is 1. The highest BCUT2D eigenvalue weighted by Crippen LogP contribution is 2.30. The number of hydrogen-bond acceptors (Lipinski definition) is 6. The molecule has 0 aliphatic carbocycles. The summed E-state index contributed by atoms with van der Waals surface area (Å²) in [4.78, 5) is 20.8. The van der Waals surface area contributed by atoms with E-state index in [2.05, 4.69) is 47.4 Å². The summed E-state index contributed by atoms with van der Waals surface area (Å²) in [5.74, 6) is 1.44. The van der Waals surface area contributed by atoms with Crippen LogP contribution in [0.3, 0.4) is 0 Å². The average Bonchev–Trinajstić information content (AvgIpc) is 3.45. The molecule has 4 heterocycles. The second-order valence-corrected chi connectivity index (χ2v) is 9.64. The molecule has 1 N–H and O–H groups in total. The van der Waals surface area contributed by atoms with Gasteiger partial charge in [-0.05, 0) is 51.0 Å². The normalized spacial score (nSPS) is 14.6. The zero-order valence-corrected chi connectivity index (χ0v) is 21.4. The molecule has 0 spiro atoms. The van der Waals surface area contributed by atoms with E-state index in [0.717, 1.165) is 60.9 Å². The van der Waals surface area contributed by atoms with Crippen molar-refractivity contribution in [3.63, 3.8) is 0 Å². The van der Waals surface area contributed by atoms with Gasteiger partial charge in [-0.1, -0.05) is 24.3 Å². The van der Waals surface area contributed by atoms with E-state index in [1.165, 1.54) is 5.56 Å². The van der Waals surface area contributed by atoms with Crippen LogP contribution in [-0.4, -0.2) is 51.9 Å². The Labute approximate surface area is 211 Å². The van der Waals surface area contributed by atoms with Crippen molar-refractivity contribution in [2.24, 2.45) is 0 Å². The fourth-order valence-electron chi connectivity index (χ4n) is 4.76. The number of amides is 1. The van der Waals surface area contributed by atoms with Gasteiger partial charge in [0.1, 0.15) is 11.5 Å². The van der Waals surface area contributed by atoms with E-state index in [0.29, 0.717) is 23.4 Å². The summed E-state index contributed by atoms with van der Waals surface area (Å²) >= 11 is 0. The highest BCUT2D eigenvalue weighted by atomic mass is 16.5. The molecule has 0 bridgehead atoms. The van der Waals surface area contributed by atoms with Gasteiger partial charge in [-0.3, -0.25) is 9.69 Å². The molecule has 1 amide bonds. The summed E-state index contributed by atoms with van der Waals surface area (Å²) in [6.45, 7) is 12.6. The minimum atomic E-state index is -0.147. The van der Waals surface area contributed by atoms with Crippen LogP contribution in [0.1, 0.15) is 52.9 Å². The largest absolute Gasteiger partial charge is 0.466 e. The molecular formula is C28H33N5O3. The van der Waals surface area contributed by atoms with Crippen LogP contribution >= 0.6 is 0 Å². The molecule has 1 aromatic carbocycles.